The van der Waals surface area contributed by atoms with Crippen LogP contribution in [0.2, 0.25) is 0 Å². The van der Waals surface area contributed by atoms with E-state index in [-0.39, 0.29) is 11.9 Å². The lowest BCUT2D eigenvalue weighted by atomic mass is 10.1. The zero-order valence-corrected chi connectivity index (χ0v) is 11.7. The van der Waals surface area contributed by atoms with Crippen molar-refractivity contribution in [3.63, 3.8) is 0 Å². The van der Waals surface area contributed by atoms with E-state index >= 15 is 0 Å². The minimum Gasteiger partial charge on any atom is -0.306 e. The van der Waals surface area contributed by atoms with Crippen LogP contribution in [0.4, 0.5) is 4.39 Å². The average molecular weight is 308 g/mol. The number of hydrogen-bond donors (Lipinski definition) is 1. The molecule has 0 saturated carbocycles. The fourth-order valence-electron chi connectivity index (χ4n) is 1.81. The van der Waals surface area contributed by atoms with Gasteiger partial charge in [0.2, 0.25) is 0 Å². The van der Waals surface area contributed by atoms with Gasteiger partial charge >= 0.3 is 0 Å². The molecule has 0 heterocycles. The number of hydrogen-bond acceptors (Lipinski definition) is 1. The van der Waals surface area contributed by atoms with E-state index in [9.17, 15) is 4.39 Å². The van der Waals surface area contributed by atoms with E-state index < -0.39 is 0 Å². The number of nitrogens with one attached hydrogen (secondary N) is 1. The molecule has 0 aliphatic heterocycles. The molecule has 94 valence electrons. The Morgan fingerprint density at radius 1 is 1.11 bits per heavy atom. The first kappa shape index (κ1) is 13.2. The van der Waals surface area contributed by atoms with Gasteiger partial charge in [-0.2, -0.15) is 0 Å². The average Bonchev–Trinajstić information content (AvgIpc) is 2.38. The maximum absolute atomic E-state index is 12.8. The number of benzene rings is 2. The highest BCUT2D eigenvalue weighted by atomic mass is 79.9. The van der Waals surface area contributed by atoms with Crippen LogP contribution in [0, 0.1) is 5.82 Å². The molecule has 0 aromatic heterocycles. The van der Waals surface area contributed by atoms with E-state index in [2.05, 4.69) is 34.2 Å². The number of halogens is 2. The third-order valence-electron chi connectivity index (χ3n) is 2.90. The zero-order chi connectivity index (χ0) is 13.0. The van der Waals surface area contributed by atoms with Gasteiger partial charge in [0.1, 0.15) is 5.82 Å². The van der Waals surface area contributed by atoms with E-state index in [1.807, 2.05) is 18.2 Å². The molecule has 0 saturated heterocycles. The monoisotopic (exact) mass is 307 g/mol. The lowest BCUT2D eigenvalue weighted by Crippen LogP contribution is -2.18. The van der Waals surface area contributed by atoms with Crippen LogP contribution in [0.15, 0.2) is 53.0 Å². The predicted octanol–water partition coefficient (Wildman–Crippen LogP) is 4.44. The Morgan fingerprint density at radius 2 is 1.78 bits per heavy atom. The lowest BCUT2D eigenvalue weighted by Gasteiger charge is -2.15. The molecule has 18 heavy (non-hydrogen) atoms. The van der Waals surface area contributed by atoms with Crippen molar-refractivity contribution in [3.8, 4) is 0 Å². The summed E-state index contributed by atoms with van der Waals surface area (Å²) >= 11 is 3.54. The summed E-state index contributed by atoms with van der Waals surface area (Å²) in [4.78, 5) is 0. The van der Waals surface area contributed by atoms with Crippen LogP contribution in [-0.4, -0.2) is 0 Å². The molecule has 1 nitrogen and oxygen atoms in total. The first-order valence-corrected chi connectivity index (χ1v) is 6.68. The molecule has 0 radical (unpaired) electrons. The van der Waals surface area contributed by atoms with Gasteiger partial charge in [-0.05, 0) is 36.2 Å². The summed E-state index contributed by atoms with van der Waals surface area (Å²) in [6.45, 7) is 2.84. The normalized spacial score (nSPS) is 12.4. The third-order valence-corrected chi connectivity index (χ3v) is 3.62. The lowest BCUT2D eigenvalue weighted by molar-refractivity contribution is 0.571. The van der Waals surface area contributed by atoms with Crippen molar-refractivity contribution in [1.29, 1.82) is 0 Å². The SMILES string of the molecule is CC(NCc1ccc(F)cc1)c1ccccc1Br. The summed E-state index contributed by atoms with van der Waals surface area (Å²) in [6.07, 6.45) is 0. The van der Waals surface area contributed by atoms with E-state index in [0.717, 1.165) is 16.6 Å². The Kier molecular flexibility index (Phi) is 4.50. The van der Waals surface area contributed by atoms with Gasteiger partial charge in [0.05, 0.1) is 0 Å². The molecule has 0 spiro atoms. The standard InChI is InChI=1S/C15H15BrFN/c1-11(14-4-2-3-5-15(14)16)18-10-12-6-8-13(17)9-7-12/h2-9,11,18H,10H2,1H3. The highest BCUT2D eigenvalue weighted by Gasteiger charge is 2.07. The van der Waals surface area contributed by atoms with Gasteiger partial charge in [-0.1, -0.05) is 46.3 Å². The molecule has 2 aromatic rings. The van der Waals surface area contributed by atoms with Gasteiger partial charge in [-0.25, -0.2) is 4.39 Å². The molecule has 0 aliphatic carbocycles. The Morgan fingerprint density at radius 3 is 2.44 bits per heavy atom. The van der Waals surface area contributed by atoms with E-state index in [1.54, 1.807) is 12.1 Å². The van der Waals surface area contributed by atoms with E-state index in [0.29, 0.717) is 0 Å². The molecule has 0 bridgehead atoms. The molecule has 1 unspecified atom stereocenters. The molecule has 2 aromatic carbocycles. The zero-order valence-electron chi connectivity index (χ0n) is 10.2. The summed E-state index contributed by atoms with van der Waals surface area (Å²) in [5.41, 5.74) is 2.30. The molecule has 0 amide bonds. The van der Waals surface area contributed by atoms with Crippen LogP contribution in [0.25, 0.3) is 0 Å². The maximum Gasteiger partial charge on any atom is 0.123 e. The first-order chi connectivity index (χ1) is 8.66. The second kappa shape index (κ2) is 6.12. The van der Waals surface area contributed by atoms with Crippen LogP contribution in [0.5, 0.6) is 0 Å². The van der Waals surface area contributed by atoms with Gasteiger partial charge in [-0.15, -0.1) is 0 Å². The van der Waals surface area contributed by atoms with Crippen molar-refractivity contribution in [2.75, 3.05) is 0 Å². The minimum absolute atomic E-state index is 0.197. The van der Waals surface area contributed by atoms with Crippen LogP contribution in [0.1, 0.15) is 24.1 Å². The molecule has 3 heteroatoms. The topological polar surface area (TPSA) is 12.0 Å². The summed E-state index contributed by atoms with van der Waals surface area (Å²) in [5, 5.41) is 3.42. The maximum atomic E-state index is 12.8. The first-order valence-electron chi connectivity index (χ1n) is 5.89. The van der Waals surface area contributed by atoms with Gasteiger partial charge in [0, 0.05) is 17.1 Å². The second-order valence-corrected chi connectivity index (χ2v) is 5.10. The molecule has 1 atom stereocenters. The predicted molar refractivity (Wildman–Crippen MR) is 75.8 cm³/mol. The molecule has 1 N–H and O–H groups in total. The Balaban J connectivity index is 1.98. The second-order valence-electron chi connectivity index (χ2n) is 4.25. The van der Waals surface area contributed by atoms with Crippen LogP contribution in [0.3, 0.4) is 0 Å². The Labute approximate surface area is 115 Å². The Hall–Kier alpha value is -1.19. The summed E-state index contributed by atoms with van der Waals surface area (Å²) < 4.78 is 13.9. The fourth-order valence-corrected chi connectivity index (χ4v) is 2.44. The van der Waals surface area contributed by atoms with Crippen LogP contribution < -0.4 is 5.32 Å². The summed E-state index contributed by atoms with van der Waals surface area (Å²) in [7, 11) is 0. The molecular formula is C15H15BrFN. The summed E-state index contributed by atoms with van der Waals surface area (Å²) in [5.74, 6) is -0.197. The van der Waals surface area contributed by atoms with Crippen molar-refractivity contribution in [3.05, 3.63) is 69.9 Å². The van der Waals surface area contributed by atoms with Gasteiger partial charge in [0.15, 0.2) is 0 Å². The quantitative estimate of drug-likeness (QED) is 0.880. The van der Waals surface area contributed by atoms with Crippen LogP contribution >= 0.6 is 15.9 Å². The van der Waals surface area contributed by atoms with E-state index in [1.165, 1.54) is 17.7 Å². The minimum atomic E-state index is -0.197. The summed E-state index contributed by atoms with van der Waals surface area (Å²) in [6, 6.07) is 15.0. The van der Waals surface area contributed by atoms with Crippen molar-refractivity contribution in [2.45, 2.75) is 19.5 Å². The molecule has 2 rings (SSSR count). The highest BCUT2D eigenvalue weighted by molar-refractivity contribution is 9.10. The van der Waals surface area contributed by atoms with Gasteiger partial charge < -0.3 is 5.32 Å². The fraction of sp³-hybridized carbons (Fsp3) is 0.200. The highest BCUT2D eigenvalue weighted by Crippen LogP contribution is 2.22. The number of rotatable bonds is 4. The van der Waals surface area contributed by atoms with Gasteiger partial charge in [0.25, 0.3) is 0 Å². The van der Waals surface area contributed by atoms with Crippen molar-refractivity contribution in [1.82, 2.24) is 5.32 Å². The van der Waals surface area contributed by atoms with Crippen LogP contribution in [-0.2, 0) is 6.54 Å². The van der Waals surface area contributed by atoms with E-state index in [4.69, 9.17) is 0 Å². The smallest absolute Gasteiger partial charge is 0.123 e. The molecular weight excluding hydrogens is 293 g/mol. The van der Waals surface area contributed by atoms with Crippen molar-refractivity contribution < 1.29 is 4.39 Å². The molecule has 0 aliphatic rings. The largest absolute Gasteiger partial charge is 0.306 e. The van der Waals surface area contributed by atoms with Gasteiger partial charge in [-0.3, -0.25) is 0 Å². The Bertz CT molecular complexity index is 510. The van der Waals surface area contributed by atoms with Crippen molar-refractivity contribution in [2.24, 2.45) is 0 Å². The third kappa shape index (κ3) is 3.40. The molecule has 0 fully saturated rings. The van der Waals surface area contributed by atoms with Crippen molar-refractivity contribution >= 4 is 15.9 Å².